The van der Waals surface area contributed by atoms with E-state index in [-0.39, 0.29) is 11.7 Å². The lowest BCUT2D eigenvalue weighted by Crippen LogP contribution is -2.40. The number of rotatable bonds is 5. The fraction of sp³-hybridized carbons (Fsp3) is 0.625. The zero-order chi connectivity index (χ0) is 15.5. The van der Waals surface area contributed by atoms with Crippen LogP contribution in [0.15, 0.2) is 22.4 Å². The molecule has 0 amide bonds. The largest absolute Gasteiger partial charge is 0.392 e. The first kappa shape index (κ1) is 15.6. The minimum Gasteiger partial charge on any atom is -0.392 e. The molecular formula is C16H23N3O2S. The van der Waals surface area contributed by atoms with Gasteiger partial charge in [-0.25, -0.2) is 4.98 Å². The highest BCUT2D eigenvalue weighted by Gasteiger charge is 2.23. The van der Waals surface area contributed by atoms with Gasteiger partial charge >= 0.3 is 0 Å². The van der Waals surface area contributed by atoms with Crippen molar-refractivity contribution >= 4 is 16.3 Å². The molecule has 1 saturated carbocycles. The Hall–Kier alpha value is -1.24. The summed E-state index contributed by atoms with van der Waals surface area (Å²) in [5.41, 5.74) is 0.778. The lowest BCUT2D eigenvalue weighted by molar-refractivity contribution is 0.0760. The van der Waals surface area contributed by atoms with Crippen molar-refractivity contribution < 1.29 is 5.11 Å². The molecule has 0 aliphatic heterocycles. The normalized spacial score (nSPS) is 18.1. The Morgan fingerprint density at radius 3 is 2.95 bits per heavy atom. The minimum absolute atomic E-state index is 0.0260. The highest BCUT2D eigenvalue weighted by atomic mass is 32.1. The van der Waals surface area contributed by atoms with Gasteiger partial charge in [-0.15, -0.1) is 11.3 Å². The van der Waals surface area contributed by atoms with Gasteiger partial charge in [0.05, 0.1) is 11.8 Å². The van der Waals surface area contributed by atoms with Crippen LogP contribution in [0, 0.1) is 0 Å². The molecule has 5 nitrogen and oxygen atoms in total. The van der Waals surface area contributed by atoms with E-state index in [0.717, 1.165) is 10.7 Å². The van der Waals surface area contributed by atoms with Crippen molar-refractivity contribution in [2.45, 2.75) is 57.7 Å². The average molecular weight is 321 g/mol. The Balaban J connectivity index is 1.82. The summed E-state index contributed by atoms with van der Waals surface area (Å²) >= 11 is 1.48. The fourth-order valence-corrected chi connectivity index (χ4v) is 4.04. The predicted octanol–water partition coefficient (Wildman–Crippen LogP) is 2.27. The van der Waals surface area contributed by atoms with Gasteiger partial charge in [-0.05, 0) is 19.8 Å². The van der Waals surface area contributed by atoms with Crippen LogP contribution in [0.4, 0.5) is 0 Å². The van der Waals surface area contributed by atoms with Gasteiger partial charge in [-0.3, -0.25) is 14.1 Å². The summed E-state index contributed by atoms with van der Waals surface area (Å²) in [4.78, 5) is 19.7. The first-order valence-corrected chi connectivity index (χ1v) is 8.89. The number of aliphatic hydroxyl groups excluding tert-OH is 1. The molecule has 0 bridgehead atoms. The van der Waals surface area contributed by atoms with E-state index in [9.17, 15) is 9.90 Å². The first-order valence-electron chi connectivity index (χ1n) is 8.01. The standard InChI is InChI=1S/C16H23N3O2S/c1-12(20)10-18(14-5-3-2-4-6-14)11-13-9-15(21)19-7-8-22-16(19)17-13/h7-9,12,14,20H,2-6,10-11H2,1H3. The number of aromatic nitrogens is 2. The van der Waals surface area contributed by atoms with Crippen LogP contribution in [0.5, 0.6) is 0 Å². The van der Waals surface area contributed by atoms with Crippen molar-refractivity contribution in [2.24, 2.45) is 0 Å². The number of hydrogen-bond acceptors (Lipinski definition) is 5. The van der Waals surface area contributed by atoms with E-state index in [0.29, 0.717) is 19.1 Å². The van der Waals surface area contributed by atoms with Crippen molar-refractivity contribution in [3.8, 4) is 0 Å². The van der Waals surface area contributed by atoms with Crippen LogP contribution in [0.25, 0.3) is 4.96 Å². The van der Waals surface area contributed by atoms with Gasteiger partial charge < -0.3 is 5.11 Å². The second kappa shape index (κ2) is 6.89. The van der Waals surface area contributed by atoms with Crippen molar-refractivity contribution in [3.63, 3.8) is 0 Å². The predicted molar refractivity (Wildman–Crippen MR) is 88.3 cm³/mol. The molecule has 1 N–H and O–H groups in total. The van der Waals surface area contributed by atoms with Crippen molar-refractivity contribution in [2.75, 3.05) is 6.54 Å². The van der Waals surface area contributed by atoms with Gasteiger partial charge in [0.25, 0.3) is 5.56 Å². The molecule has 1 atom stereocenters. The Morgan fingerprint density at radius 1 is 1.45 bits per heavy atom. The molecule has 3 rings (SSSR count). The molecular weight excluding hydrogens is 298 g/mol. The van der Waals surface area contributed by atoms with Gasteiger partial charge in [0.2, 0.25) is 0 Å². The van der Waals surface area contributed by atoms with E-state index in [1.807, 2.05) is 12.3 Å². The molecule has 120 valence electrons. The summed E-state index contributed by atoms with van der Waals surface area (Å²) in [5, 5.41) is 11.7. The third-order valence-electron chi connectivity index (χ3n) is 4.31. The summed E-state index contributed by atoms with van der Waals surface area (Å²) in [7, 11) is 0. The number of aliphatic hydroxyl groups is 1. The molecule has 1 aliphatic rings. The van der Waals surface area contributed by atoms with Crippen LogP contribution in [-0.2, 0) is 6.54 Å². The maximum absolute atomic E-state index is 12.1. The van der Waals surface area contributed by atoms with Crippen molar-refractivity contribution in [1.29, 1.82) is 0 Å². The third kappa shape index (κ3) is 3.56. The average Bonchev–Trinajstić information content (AvgIpc) is 2.96. The Bertz CT molecular complexity index is 673. The molecule has 0 radical (unpaired) electrons. The number of thiazole rings is 1. The molecule has 2 aromatic heterocycles. The number of fused-ring (bicyclic) bond motifs is 1. The molecule has 1 fully saturated rings. The number of hydrogen-bond donors (Lipinski definition) is 1. The summed E-state index contributed by atoms with van der Waals surface area (Å²) in [6.07, 6.45) is 7.55. The first-order chi connectivity index (χ1) is 10.6. The molecule has 2 heterocycles. The van der Waals surface area contributed by atoms with E-state index in [4.69, 9.17) is 0 Å². The second-order valence-corrected chi connectivity index (χ2v) is 7.08. The zero-order valence-electron chi connectivity index (χ0n) is 12.9. The van der Waals surface area contributed by atoms with Crippen LogP contribution in [0.1, 0.15) is 44.7 Å². The molecule has 1 aliphatic carbocycles. The van der Waals surface area contributed by atoms with Crippen LogP contribution in [-0.4, -0.2) is 38.1 Å². The summed E-state index contributed by atoms with van der Waals surface area (Å²) in [6.45, 7) is 3.09. The monoisotopic (exact) mass is 321 g/mol. The van der Waals surface area contributed by atoms with E-state index < -0.39 is 0 Å². The smallest absolute Gasteiger partial charge is 0.258 e. The number of nitrogens with zero attached hydrogens (tertiary/aromatic N) is 3. The molecule has 1 unspecified atom stereocenters. The minimum atomic E-state index is -0.367. The van der Waals surface area contributed by atoms with Gasteiger partial charge in [0.15, 0.2) is 4.96 Å². The fourth-order valence-electron chi connectivity index (χ4n) is 3.31. The maximum Gasteiger partial charge on any atom is 0.258 e. The highest BCUT2D eigenvalue weighted by Crippen LogP contribution is 2.24. The maximum atomic E-state index is 12.1. The zero-order valence-corrected chi connectivity index (χ0v) is 13.8. The van der Waals surface area contributed by atoms with Crippen LogP contribution in [0.3, 0.4) is 0 Å². The van der Waals surface area contributed by atoms with Gasteiger partial charge in [-0.1, -0.05) is 19.3 Å². The Kier molecular flexibility index (Phi) is 4.90. The van der Waals surface area contributed by atoms with Crippen molar-refractivity contribution in [3.05, 3.63) is 33.7 Å². The van der Waals surface area contributed by atoms with Gasteiger partial charge in [0, 0.05) is 36.8 Å². The molecule has 2 aromatic rings. The molecule has 6 heteroatoms. The Labute approximate surface area is 134 Å². The van der Waals surface area contributed by atoms with Gasteiger partial charge in [0.1, 0.15) is 0 Å². The van der Waals surface area contributed by atoms with Crippen LogP contribution >= 0.6 is 11.3 Å². The quantitative estimate of drug-likeness (QED) is 0.918. The Morgan fingerprint density at radius 2 is 2.23 bits per heavy atom. The van der Waals surface area contributed by atoms with E-state index in [1.54, 1.807) is 16.7 Å². The van der Waals surface area contributed by atoms with Crippen LogP contribution < -0.4 is 5.56 Å². The van der Waals surface area contributed by atoms with Crippen LogP contribution in [0.2, 0.25) is 0 Å². The molecule has 0 saturated heterocycles. The summed E-state index contributed by atoms with van der Waals surface area (Å²) < 4.78 is 1.58. The molecule has 22 heavy (non-hydrogen) atoms. The topological polar surface area (TPSA) is 57.8 Å². The molecule has 0 spiro atoms. The lowest BCUT2D eigenvalue weighted by Gasteiger charge is -2.34. The summed E-state index contributed by atoms with van der Waals surface area (Å²) in [5.74, 6) is 0. The lowest BCUT2D eigenvalue weighted by atomic mass is 9.94. The second-order valence-electron chi connectivity index (χ2n) is 6.21. The molecule has 0 aromatic carbocycles. The van der Waals surface area contributed by atoms with Gasteiger partial charge in [-0.2, -0.15) is 0 Å². The highest BCUT2D eigenvalue weighted by molar-refractivity contribution is 7.15. The van der Waals surface area contributed by atoms with E-state index in [2.05, 4.69) is 9.88 Å². The third-order valence-corrected chi connectivity index (χ3v) is 5.07. The SMILES string of the molecule is CC(O)CN(Cc1cc(=O)n2ccsc2n1)C1CCCCC1. The van der Waals surface area contributed by atoms with E-state index in [1.165, 1.54) is 43.4 Å². The van der Waals surface area contributed by atoms with E-state index >= 15 is 0 Å². The van der Waals surface area contributed by atoms with Crippen molar-refractivity contribution in [1.82, 2.24) is 14.3 Å². The summed E-state index contributed by atoms with van der Waals surface area (Å²) in [6, 6.07) is 2.12.